The summed E-state index contributed by atoms with van der Waals surface area (Å²) in [5, 5.41) is 8.99. The number of carbonyl (C=O) groups is 1. The first kappa shape index (κ1) is 12.0. The average molecular weight is 250 g/mol. The Morgan fingerprint density at radius 3 is 2.47 bits per heavy atom. The van der Waals surface area contributed by atoms with Crippen molar-refractivity contribution in [2.75, 3.05) is 4.90 Å². The second-order valence-corrected chi connectivity index (χ2v) is 3.79. The van der Waals surface area contributed by atoms with Crippen LogP contribution in [0.25, 0.3) is 0 Å². The van der Waals surface area contributed by atoms with Gasteiger partial charge in [0.15, 0.2) is 0 Å². The number of hydrogen-bond acceptors (Lipinski definition) is 3. The monoisotopic (exact) mass is 249 g/mol. The van der Waals surface area contributed by atoms with Crippen LogP contribution in [0, 0.1) is 0 Å². The third-order valence-electron chi connectivity index (χ3n) is 1.62. The molecule has 0 saturated heterocycles. The highest BCUT2D eigenvalue weighted by atomic mass is 35.5. The van der Waals surface area contributed by atoms with Gasteiger partial charge in [-0.25, -0.2) is 9.78 Å². The van der Waals surface area contributed by atoms with Gasteiger partial charge >= 0.3 is 6.09 Å². The Bertz CT molecular complexity index is 364. The van der Waals surface area contributed by atoms with E-state index in [1.807, 2.05) is 0 Å². The zero-order valence-corrected chi connectivity index (χ0v) is 9.62. The number of aromatic nitrogens is 2. The molecular formula is C8H9Cl2N3O2. The maximum Gasteiger partial charge on any atom is 0.413 e. The molecule has 0 aliphatic rings. The van der Waals surface area contributed by atoms with E-state index < -0.39 is 6.09 Å². The second-order valence-electron chi connectivity index (χ2n) is 3.06. The number of nitrogens with zero attached hydrogens (tertiary/aromatic N) is 3. The van der Waals surface area contributed by atoms with E-state index in [-0.39, 0.29) is 22.3 Å². The van der Waals surface area contributed by atoms with E-state index in [4.69, 9.17) is 28.3 Å². The van der Waals surface area contributed by atoms with Gasteiger partial charge in [-0.1, -0.05) is 11.6 Å². The van der Waals surface area contributed by atoms with Crippen LogP contribution in [-0.2, 0) is 0 Å². The molecule has 1 aromatic heterocycles. The lowest BCUT2D eigenvalue weighted by Gasteiger charge is -2.22. The van der Waals surface area contributed by atoms with E-state index in [2.05, 4.69) is 9.97 Å². The third kappa shape index (κ3) is 2.94. The summed E-state index contributed by atoms with van der Waals surface area (Å²) in [5.41, 5.74) is 0. The molecule has 1 N–H and O–H groups in total. The molecule has 0 aromatic carbocycles. The highest BCUT2D eigenvalue weighted by molar-refractivity contribution is 6.32. The van der Waals surface area contributed by atoms with E-state index in [9.17, 15) is 4.79 Å². The SMILES string of the molecule is CC(C)N(C(=O)O)c1cc(Cl)nc(Cl)n1. The summed E-state index contributed by atoms with van der Waals surface area (Å²) in [6, 6.07) is 1.09. The number of anilines is 1. The molecule has 7 heteroatoms. The molecule has 0 aliphatic heterocycles. The lowest BCUT2D eigenvalue weighted by molar-refractivity contribution is 0.200. The summed E-state index contributed by atoms with van der Waals surface area (Å²) >= 11 is 11.2. The molecule has 1 amide bonds. The molecule has 0 spiro atoms. The lowest BCUT2D eigenvalue weighted by atomic mass is 10.3. The Hall–Kier alpha value is -1.07. The Kier molecular flexibility index (Phi) is 3.71. The van der Waals surface area contributed by atoms with Crippen LogP contribution >= 0.6 is 23.2 Å². The average Bonchev–Trinajstić information content (AvgIpc) is 1.99. The number of carboxylic acid groups (broad SMARTS) is 1. The van der Waals surface area contributed by atoms with E-state index in [1.54, 1.807) is 13.8 Å². The Morgan fingerprint density at radius 2 is 2.07 bits per heavy atom. The molecule has 15 heavy (non-hydrogen) atoms. The maximum absolute atomic E-state index is 10.9. The van der Waals surface area contributed by atoms with Crippen LogP contribution in [0.15, 0.2) is 6.07 Å². The van der Waals surface area contributed by atoms with Gasteiger partial charge in [0.1, 0.15) is 11.0 Å². The van der Waals surface area contributed by atoms with Crippen molar-refractivity contribution in [2.45, 2.75) is 19.9 Å². The van der Waals surface area contributed by atoms with Crippen LogP contribution < -0.4 is 4.90 Å². The van der Waals surface area contributed by atoms with Crippen molar-refractivity contribution >= 4 is 35.1 Å². The van der Waals surface area contributed by atoms with Crippen molar-refractivity contribution in [1.29, 1.82) is 0 Å². The highest BCUT2D eigenvalue weighted by Gasteiger charge is 2.20. The Balaban J connectivity index is 3.17. The Morgan fingerprint density at radius 1 is 1.47 bits per heavy atom. The number of halogens is 2. The van der Waals surface area contributed by atoms with Gasteiger partial charge < -0.3 is 5.11 Å². The van der Waals surface area contributed by atoms with Gasteiger partial charge in [0.05, 0.1) is 0 Å². The summed E-state index contributed by atoms with van der Waals surface area (Å²) in [6.07, 6.45) is -1.11. The molecule has 0 atom stereocenters. The summed E-state index contributed by atoms with van der Waals surface area (Å²) < 4.78 is 0. The maximum atomic E-state index is 10.9. The van der Waals surface area contributed by atoms with Crippen molar-refractivity contribution in [3.8, 4) is 0 Å². The first-order chi connectivity index (χ1) is 6.91. The molecule has 5 nitrogen and oxygen atoms in total. The predicted molar refractivity (Wildman–Crippen MR) is 57.7 cm³/mol. The zero-order valence-electron chi connectivity index (χ0n) is 8.11. The smallest absolute Gasteiger partial charge is 0.413 e. The molecule has 1 heterocycles. The quantitative estimate of drug-likeness (QED) is 0.647. The first-order valence-electron chi connectivity index (χ1n) is 4.14. The van der Waals surface area contributed by atoms with Gasteiger partial charge in [0.2, 0.25) is 5.28 Å². The van der Waals surface area contributed by atoms with Crippen LogP contribution in [0.2, 0.25) is 10.4 Å². The first-order valence-corrected chi connectivity index (χ1v) is 4.89. The predicted octanol–water partition coefficient (Wildman–Crippen LogP) is 2.68. The molecule has 82 valence electrons. The largest absolute Gasteiger partial charge is 0.465 e. The molecule has 0 bridgehead atoms. The van der Waals surface area contributed by atoms with Crippen molar-refractivity contribution in [3.63, 3.8) is 0 Å². The van der Waals surface area contributed by atoms with Crippen LogP contribution in [-0.4, -0.2) is 27.2 Å². The fourth-order valence-electron chi connectivity index (χ4n) is 1.09. The summed E-state index contributed by atoms with van der Waals surface area (Å²) in [6.45, 7) is 3.44. The zero-order chi connectivity index (χ0) is 11.6. The summed E-state index contributed by atoms with van der Waals surface area (Å²) in [4.78, 5) is 19.4. The highest BCUT2D eigenvalue weighted by Crippen LogP contribution is 2.20. The van der Waals surface area contributed by atoms with E-state index in [0.717, 1.165) is 4.90 Å². The molecule has 0 radical (unpaired) electrons. The van der Waals surface area contributed by atoms with Gasteiger partial charge in [-0.2, -0.15) is 4.98 Å². The van der Waals surface area contributed by atoms with Gasteiger partial charge in [0.25, 0.3) is 0 Å². The van der Waals surface area contributed by atoms with E-state index in [0.29, 0.717) is 0 Å². The standard InChI is InChI=1S/C8H9Cl2N3O2/c1-4(2)13(8(14)15)6-3-5(9)11-7(10)12-6/h3-4H,1-2H3,(H,14,15). The van der Waals surface area contributed by atoms with Crippen LogP contribution in [0.1, 0.15) is 13.8 Å². The van der Waals surface area contributed by atoms with Crippen LogP contribution in [0.3, 0.4) is 0 Å². The number of amides is 1. The molecule has 1 aromatic rings. The molecular weight excluding hydrogens is 241 g/mol. The fourth-order valence-corrected chi connectivity index (χ4v) is 1.48. The van der Waals surface area contributed by atoms with Gasteiger partial charge in [-0.3, -0.25) is 4.90 Å². The number of hydrogen-bond donors (Lipinski definition) is 1. The molecule has 0 aliphatic carbocycles. The van der Waals surface area contributed by atoms with Crippen molar-refractivity contribution in [3.05, 3.63) is 16.5 Å². The minimum absolute atomic E-state index is 0.0793. The van der Waals surface area contributed by atoms with E-state index in [1.165, 1.54) is 6.07 Å². The van der Waals surface area contributed by atoms with Gasteiger partial charge in [0, 0.05) is 12.1 Å². The summed E-state index contributed by atoms with van der Waals surface area (Å²) in [5.74, 6) is 0.169. The van der Waals surface area contributed by atoms with Gasteiger partial charge in [-0.05, 0) is 25.4 Å². The van der Waals surface area contributed by atoms with Gasteiger partial charge in [-0.15, -0.1) is 0 Å². The summed E-state index contributed by atoms with van der Waals surface area (Å²) in [7, 11) is 0. The van der Waals surface area contributed by atoms with Crippen LogP contribution in [0.5, 0.6) is 0 Å². The van der Waals surface area contributed by atoms with Crippen molar-refractivity contribution in [1.82, 2.24) is 9.97 Å². The molecule has 0 saturated carbocycles. The minimum Gasteiger partial charge on any atom is -0.465 e. The fraction of sp³-hybridized carbons (Fsp3) is 0.375. The Labute approximate surface area is 96.7 Å². The number of rotatable bonds is 2. The van der Waals surface area contributed by atoms with Crippen molar-refractivity contribution in [2.24, 2.45) is 0 Å². The van der Waals surface area contributed by atoms with Crippen molar-refractivity contribution < 1.29 is 9.90 Å². The molecule has 1 rings (SSSR count). The molecule has 0 fully saturated rings. The van der Waals surface area contributed by atoms with E-state index >= 15 is 0 Å². The minimum atomic E-state index is -1.11. The topological polar surface area (TPSA) is 66.3 Å². The van der Waals surface area contributed by atoms with Crippen LogP contribution in [0.4, 0.5) is 10.6 Å². The third-order valence-corrected chi connectivity index (χ3v) is 1.99. The second kappa shape index (κ2) is 4.63. The normalized spacial score (nSPS) is 10.5. The lowest BCUT2D eigenvalue weighted by Crippen LogP contribution is -2.36. The molecule has 0 unspecified atom stereocenters.